The number of fused-ring (bicyclic) bond motifs is 5. The zero-order chi connectivity index (χ0) is 20.8. The lowest BCUT2D eigenvalue weighted by atomic mass is 9.44. The Hall–Kier alpha value is -0.570. The van der Waals surface area contributed by atoms with Gasteiger partial charge in [-0.05, 0) is 116 Å². The summed E-state index contributed by atoms with van der Waals surface area (Å²) in [5.74, 6) is 5.45. The van der Waals surface area contributed by atoms with Crippen LogP contribution in [0, 0.1) is 52.3 Å². The van der Waals surface area contributed by atoms with Gasteiger partial charge in [-0.25, -0.2) is 0 Å². The van der Waals surface area contributed by atoms with Crippen LogP contribution in [0.15, 0.2) is 0 Å². The molecule has 0 amide bonds. The standard InChI is InChI=1S/C26H44O3/c1-17(5-10-24(28)29-4)21-8-9-22-20-7-6-19-15-18(16-27)11-13-25(19,2)23(20)12-14-26(21,22)3/h17-23,27H,5-16H2,1-4H3/t17?,18?,19-,20?,21?,22?,23?,25?,26?/m1/s1. The Labute approximate surface area is 178 Å². The Kier molecular flexibility index (Phi) is 6.10. The molecule has 0 aromatic rings. The van der Waals surface area contributed by atoms with Crippen molar-refractivity contribution in [1.82, 2.24) is 0 Å². The summed E-state index contributed by atoms with van der Waals surface area (Å²) in [6.07, 6.45) is 13.8. The largest absolute Gasteiger partial charge is 0.469 e. The van der Waals surface area contributed by atoms with Crippen molar-refractivity contribution in [1.29, 1.82) is 0 Å². The van der Waals surface area contributed by atoms with Crippen LogP contribution >= 0.6 is 0 Å². The maximum absolute atomic E-state index is 11.7. The summed E-state index contributed by atoms with van der Waals surface area (Å²) in [6.45, 7) is 8.02. The van der Waals surface area contributed by atoms with Crippen LogP contribution < -0.4 is 0 Å². The van der Waals surface area contributed by atoms with Crippen molar-refractivity contribution in [3.8, 4) is 0 Å². The molecular formula is C26H44O3. The Morgan fingerprint density at radius 2 is 1.76 bits per heavy atom. The first-order chi connectivity index (χ1) is 13.8. The van der Waals surface area contributed by atoms with E-state index in [9.17, 15) is 9.90 Å². The molecule has 0 spiro atoms. The topological polar surface area (TPSA) is 46.5 Å². The molecule has 1 N–H and O–H groups in total. The first-order valence-electron chi connectivity index (χ1n) is 12.5. The molecule has 4 saturated carbocycles. The van der Waals surface area contributed by atoms with Gasteiger partial charge in [0.2, 0.25) is 0 Å². The van der Waals surface area contributed by atoms with E-state index >= 15 is 0 Å². The second kappa shape index (κ2) is 8.17. The van der Waals surface area contributed by atoms with E-state index in [1.165, 1.54) is 64.9 Å². The van der Waals surface area contributed by atoms with Crippen molar-refractivity contribution in [3.05, 3.63) is 0 Å². The molecule has 4 rings (SSSR count). The fourth-order valence-electron chi connectivity index (χ4n) is 9.14. The molecular weight excluding hydrogens is 360 g/mol. The average Bonchev–Trinajstić information content (AvgIpc) is 3.08. The second-order valence-electron chi connectivity index (χ2n) is 11.8. The van der Waals surface area contributed by atoms with Crippen molar-refractivity contribution in [2.45, 2.75) is 91.4 Å². The molecule has 0 aromatic heterocycles. The van der Waals surface area contributed by atoms with Gasteiger partial charge in [-0.15, -0.1) is 0 Å². The minimum Gasteiger partial charge on any atom is -0.469 e. The van der Waals surface area contributed by atoms with Crippen molar-refractivity contribution >= 4 is 5.97 Å². The first-order valence-corrected chi connectivity index (χ1v) is 12.5. The molecule has 0 radical (unpaired) electrons. The SMILES string of the molecule is COC(=O)CCC(C)C1CCC2C3CC[C@@H]4CC(CO)CCC4(C)C3CCC12C. The quantitative estimate of drug-likeness (QED) is 0.585. The Morgan fingerprint density at radius 3 is 2.48 bits per heavy atom. The minimum absolute atomic E-state index is 0.0509. The van der Waals surface area contributed by atoms with Gasteiger partial charge in [-0.1, -0.05) is 20.8 Å². The van der Waals surface area contributed by atoms with Gasteiger partial charge in [0.25, 0.3) is 0 Å². The summed E-state index contributed by atoms with van der Waals surface area (Å²) >= 11 is 0. The highest BCUT2D eigenvalue weighted by Crippen LogP contribution is 2.68. The van der Waals surface area contributed by atoms with Crippen LogP contribution in [-0.2, 0) is 9.53 Å². The number of hydrogen-bond donors (Lipinski definition) is 1. The predicted molar refractivity (Wildman–Crippen MR) is 116 cm³/mol. The molecule has 0 aromatic carbocycles. The summed E-state index contributed by atoms with van der Waals surface area (Å²) in [6, 6.07) is 0. The van der Waals surface area contributed by atoms with Crippen LogP contribution in [0.4, 0.5) is 0 Å². The molecule has 4 aliphatic rings. The Balaban J connectivity index is 1.47. The molecule has 4 fully saturated rings. The van der Waals surface area contributed by atoms with Gasteiger partial charge < -0.3 is 9.84 Å². The van der Waals surface area contributed by atoms with Crippen LogP contribution in [0.25, 0.3) is 0 Å². The number of esters is 1. The van der Waals surface area contributed by atoms with Crippen LogP contribution in [-0.4, -0.2) is 24.8 Å². The smallest absolute Gasteiger partial charge is 0.305 e. The van der Waals surface area contributed by atoms with E-state index < -0.39 is 0 Å². The predicted octanol–water partition coefficient (Wildman–Crippen LogP) is 5.84. The van der Waals surface area contributed by atoms with E-state index in [0.29, 0.717) is 35.7 Å². The zero-order valence-corrected chi connectivity index (χ0v) is 19.3. The van der Waals surface area contributed by atoms with Gasteiger partial charge in [0.05, 0.1) is 7.11 Å². The summed E-state index contributed by atoms with van der Waals surface area (Å²) in [5, 5.41) is 9.70. The van der Waals surface area contributed by atoms with Crippen LogP contribution in [0.5, 0.6) is 0 Å². The highest BCUT2D eigenvalue weighted by molar-refractivity contribution is 5.69. The number of aliphatic hydroxyl groups is 1. The Morgan fingerprint density at radius 1 is 1.03 bits per heavy atom. The maximum Gasteiger partial charge on any atom is 0.305 e. The van der Waals surface area contributed by atoms with Crippen molar-refractivity contribution in [2.75, 3.05) is 13.7 Å². The second-order valence-corrected chi connectivity index (χ2v) is 11.8. The number of carbonyl (C=O) groups excluding carboxylic acids is 1. The number of aliphatic hydroxyl groups excluding tert-OH is 1. The molecule has 0 aliphatic heterocycles. The van der Waals surface area contributed by atoms with Crippen molar-refractivity contribution < 1.29 is 14.6 Å². The normalized spacial score (nSPS) is 47.6. The molecule has 3 heteroatoms. The number of rotatable bonds is 5. The summed E-state index contributed by atoms with van der Waals surface area (Å²) < 4.78 is 4.89. The highest BCUT2D eigenvalue weighted by atomic mass is 16.5. The number of carbonyl (C=O) groups is 1. The van der Waals surface area contributed by atoms with Crippen molar-refractivity contribution in [3.63, 3.8) is 0 Å². The number of hydrogen-bond acceptors (Lipinski definition) is 3. The van der Waals surface area contributed by atoms with Gasteiger partial charge in [0.15, 0.2) is 0 Å². The van der Waals surface area contributed by atoms with Gasteiger partial charge in [0, 0.05) is 13.0 Å². The summed E-state index contributed by atoms with van der Waals surface area (Å²) in [7, 11) is 1.51. The first kappa shape index (κ1) is 21.7. The third-order valence-corrected chi connectivity index (χ3v) is 10.8. The molecule has 166 valence electrons. The van der Waals surface area contributed by atoms with Crippen LogP contribution in [0.1, 0.15) is 91.4 Å². The third-order valence-electron chi connectivity index (χ3n) is 10.8. The third kappa shape index (κ3) is 3.58. The lowest BCUT2D eigenvalue weighted by Gasteiger charge is -2.61. The summed E-state index contributed by atoms with van der Waals surface area (Å²) in [5.41, 5.74) is 0.993. The number of ether oxygens (including phenoxy) is 1. The van der Waals surface area contributed by atoms with E-state index in [2.05, 4.69) is 20.8 Å². The van der Waals surface area contributed by atoms with E-state index in [0.717, 1.165) is 36.0 Å². The molecule has 9 atom stereocenters. The van der Waals surface area contributed by atoms with Gasteiger partial charge in [0.1, 0.15) is 0 Å². The van der Waals surface area contributed by atoms with E-state index in [-0.39, 0.29) is 5.97 Å². The molecule has 3 nitrogen and oxygen atoms in total. The Bertz CT molecular complexity index is 603. The van der Waals surface area contributed by atoms with E-state index in [1.807, 2.05) is 0 Å². The lowest BCUT2D eigenvalue weighted by Crippen LogP contribution is -2.53. The fourth-order valence-corrected chi connectivity index (χ4v) is 9.14. The summed E-state index contributed by atoms with van der Waals surface area (Å²) in [4.78, 5) is 11.7. The van der Waals surface area contributed by atoms with E-state index in [1.54, 1.807) is 0 Å². The maximum atomic E-state index is 11.7. The van der Waals surface area contributed by atoms with Gasteiger partial charge in [-0.2, -0.15) is 0 Å². The molecule has 0 bridgehead atoms. The molecule has 8 unspecified atom stereocenters. The van der Waals surface area contributed by atoms with Crippen LogP contribution in [0.3, 0.4) is 0 Å². The van der Waals surface area contributed by atoms with E-state index in [4.69, 9.17) is 4.74 Å². The zero-order valence-electron chi connectivity index (χ0n) is 19.3. The average molecular weight is 405 g/mol. The number of methoxy groups -OCH3 is 1. The molecule has 29 heavy (non-hydrogen) atoms. The van der Waals surface area contributed by atoms with Gasteiger partial charge in [-0.3, -0.25) is 4.79 Å². The monoisotopic (exact) mass is 404 g/mol. The van der Waals surface area contributed by atoms with Crippen molar-refractivity contribution in [2.24, 2.45) is 52.3 Å². The van der Waals surface area contributed by atoms with Gasteiger partial charge >= 0.3 is 5.97 Å². The fraction of sp³-hybridized carbons (Fsp3) is 0.962. The molecule has 4 aliphatic carbocycles. The molecule has 0 heterocycles. The highest BCUT2D eigenvalue weighted by Gasteiger charge is 2.60. The minimum atomic E-state index is -0.0509. The molecule has 0 saturated heterocycles. The van der Waals surface area contributed by atoms with Crippen LogP contribution in [0.2, 0.25) is 0 Å². The lowest BCUT2D eigenvalue weighted by molar-refractivity contribution is -0.141.